The van der Waals surface area contributed by atoms with Gasteiger partial charge in [-0.15, -0.1) is 0 Å². The molecule has 2 rings (SSSR count). The zero-order valence-electron chi connectivity index (χ0n) is 7.57. The molecule has 0 atom stereocenters. The minimum atomic E-state index is -0.501. The van der Waals surface area contributed by atoms with Crippen LogP contribution in [0.5, 0.6) is 0 Å². The van der Waals surface area contributed by atoms with Crippen LogP contribution in [-0.4, -0.2) is 19.9 Å². The summed E-state index contributed by atoms with van der Waals surface area (Å²) in [5.41, 5.74) is 0.0896. The summed E-state index contributed by atoms with van der Waals surface area (Å²) in [6.07, 6.45) is 4.50. The molecule has 0 aliphatic heterocycles. The van der Waals surface area contributed by atoms with Crippen molar-refractivity contribution in [3.05, 3.63) is 46.9 Å². The fourth-order valence-electron chi connectivity index (χ4n) is 1.14. The van der Waals surface area contributed by atoms with Gasteiger partial charge in [0.25, 0.3) is 5.69 Å². The van der Waals surface area contributed by atoms with Gasteiger partial charge in [0.05, 0.1) is 4.92 Å². The third-order valence-corrected chi connectivity index (χ3v) is 1.76. The maximum atomic E-state index is 10.7. The number of pyridine rings is 1. The first kappa shape index (κ1) is 9.20. The van der Waals surface area contributed by atoms with Gasteiger partial charge in [-0.2, -0.15) is 0 Å². The third-order valence-electron chi connectivity index (χ3n) is 1.76. The Morgan fingerprint density at radius 3 is 2.40 bits per heavy atom. The molecule has 0 saturated heterocycles. The van der Waals surface area contributed by atoms with E-state index in [4.69, 9.17) is 0 Å². The summed E-state index contributed by atoms with van der Waals surface area (Å²) in [5, 5.41) is 10.7. The standard InChI is InChI=1S/C9H6N4O2/c14-13(15)7-3-1-4-10-8(7)9-11-5-2-6-12-9/h1-6H. The van der Waals surface area contributed by atoms with Crippen LogP contribution in [-0.2, 0) is 0 Å². The summed E-state index contributed by atoms with van der Waals surface area (Å²) in [4.78, 5) is 21.9. The minimum absolute atomic E-state index is 0.0938. The van der Waals surface area contributed by atoms with Crippen LogP contribution in [0.2, 0.25) is 0 Å². The molecule has 15 heavy (non-hydrogen) atoms. The molecule has 0 aliphatic rings. The Morgan fingerprint density at radius 2 is 1.73 bits per heavy atom. The van der Waals surface area contributed by atoms with E-state index in [1.54, 1.807) is 6.07 Å². The molecular weight excluding hydrogens is 196 g/mol. The molecule has 6 nitrogen and oxygen atoms in total. The van der Waals surface area contributed by atoms with Gasteiger partial charge in [-0.3, -0.25) is 10.1 Å². The Hall–Kier alpha value is -2.37. The van der Waals surface area contributed by atoms with Crippen LogP contribution in [0, 0.1) is 10.1 Å². The molecule has 0 bridgehead atoms. The molecule has 0 N–H and O–H groups in total. The van der Waals surface area contributed by atoms with Gasteiger partial charge >= 0.3 is 0 Å². The molecule has 0 spiro atoms. The van der Waals surface area contributed by atoms with Gasteiger partial charge in [0.1, 0.15) is 0 Å². The Kier molecular flexibility index (Phi) is 2.32. The van der Waals surface area contributed by atoms with E-state index in [9.17, 15) is 10.1 Å². The summed E-state index contributed by atoms with van der Waals surface area (Å²) in [7, 11) is 0. The van der Waals surface area contributed by atoms with Crippen LogP contribution < -0.4 is 0 Å². The van der Waals surface area contributed by atoms with E-state index in [-0.39, 0.29) is 17.2 Å². The van der Waals surface area contributed by atoms with Gasteiger partial charge in [0.15, 0.2) is 11.5 Å². The highest BCUT2D eigenvalue weighted by Crippen LogP contribution is 2.23. The largest absolute Gasteiger partial charge is 0.298 e. The van der Waals surface area contributed by atoms with Crippen LogP contribution in [0.1, 0.15) is 0 Å². The molecular formula is C9H6N4O2. The lowest BCUT2D eigenvalue weighted by atomic mass is 10.3. The van der Waals surface area contributed by atoms with Crippen molar-refractivity contribution in [3.8, 4) is 11.5 Å². The highest BCUT2D eigenvalue weighted by molar-refractivity contribution is 5.62. The Morgan fingerprint density at radius 1 is 1.07 bits per heavy atom. The molecule has 74 valence electrons. The minimum Gasteiger partial charge on any atom is -0.258 e. The topological polar surface area (TPSA) is 81.8 Å². The number of aromatic nitrogens is 3. The average molecular weight is 202 g/mol. The number of hydrogen-bond acceptors (Lipinski definition) is 5. The first-order chi connectivity index (χ1) is 7.29. The van der Waals surface area contributed by atoms with Crippen LogP contribution in [0.15, 0.2) is 36.8 Å². The zero-order valence-corrected chi connectivity index (χ0v) is 7.57. The van der Waals surface area contributed by atoms with E-state index in [1.807, 2.05) is 0 Å². The normalized spacial score (nSPS) is 9.87. The Bertz CT molecular complexity index is 486. The molecule has 0 saturated carbocycles. The lowest BCUT2D eigenvalue weighted by molar-refractivity contribution is -0.384. The van der Waals surface area contributed by atoms with E-state index in [2.05, 4.69) is 15.0 Å². The molecule has 6 heteroatoms. The predicted octanol–water partition coefficient (Wildman–Crippen LogP) is 1.45. The molecule has 0 amide bonds. The van der Waals surface area contributed by atoms with Gasteiger partial charge in [0.2, 0.25) is 0 Å². The maximum absolute atomic E-state index is 10.7. The van der Waals surface area contributed by atoms with Crippen molar-refractivity contribution in [2.24, 2.45) is 0 Å². The summed E-state index contributed by atoms with van der Waals surface area (Å²) >= 11 is 0. The fourth-order valence-corrected chi connectivity index (χ4v) is 1.14. The predicted molar refractivity (Wildman–Crippen MR) is 51.9 cm³/mol. The van der Waals surface area contributed by atoms with E-state index >= 15 is 0 Å². The van der Waals surface area contributed by atoms with E-state index in [0.29, 0.717) is 0 Å². The van der Waals surface area contributed by atoms with Crippen molar-refractivity contribution in [2.75, 3.05) is 0 Å². The van der Waals surface area contributed by atoms with Gasteiger partial charge < -0.3 is 0 Å². The molecule has 0 aliphatic carbocycles. The second-order valence-electron chi connectivity index (χ2n) is 2.70. The Labute approximate surface area is 84.8 Å². The average Bonchev–Trinajstić information content (AvgIpc) is 2.30. The van der Waals surface area contributed by atoms with Crippen LogP contribution in [0.4, 0.5) is 5.69 Å². The molecule has 0 fully saturated rings. The molecule has 0 aromatic carbocycles. The van der Waals surface area contributed by atoms with Crippen LogP contribution in [0.25, 0.3) is 11.5 Å². The quantitative estimate of drug-likeness (QED) is 0.543. The lowest BCUT2D eigenvalue weighted by Gasteiger charge is -1.98. The highest BCUT2D eigenvalue weighted by Gasteiger charge is 2.17. The molecule has 2 heterocycles. The van der Waals surface area contributed by atoms with Gasteiger partial charge in [0, 0.05) is 24.7 Å². The number of nitrogens with zero attached hydrogens (tertiary/aromatic N) is 4. The smallest absolute Gasteiger partial charge is 0.258 e. The molecule has 0 unspecified atom stereocenters. The first-order valence-corrected chi connectivity index (χ1v) is 4.16. The monoisotopic (exact) mass is 202 g/mol. The van der Waals surface area contributed by atoms with Crippen LogP contribution in [0.3, 0.4) is 0 Å². The summed E-state index contributed by atoms with van der Waals surface area (Å²) in [6, 6.07) is 4.52. The molecule has 2 aromatic rings. The van der Waals surface area contributed by atoms with Crippen molar-refractivity contribution in [2.45, 2.75) is 0 Å². The second-order valence-corrected chi connectivity index (χ2v) is 2.70. The van der Waals surface area contributed by atoms with Crippen LogP contribution >= 0.6 is 0 Å². The lowest BCUT2D eigenvalue weighted by Crippen LogP contribution is -1.96. The number of nitro groups is 1. The van der Waals surface area contributed by atoms with Crippen molar-refractivity contribution >= 4 is 5.69 Å². The summed E-state index contributed by atoms with van der Waals surface area (Å²) in [5.74, 6) is 0.254. The van der Waals surface area contributed by atoms with Crippen molar-refractivity contribution in [1.82, 2.24) is 15.0 Å². The Balaban J connectivity index is 2.58. The number of hydrogen-bond donors (Lipinski definition) is 0. The van der Waals surface area contributed by atoms with Crippen molar-refractivity contribution in [1.29, 1.82) is 0 Å². The van der Waals surface area contributed by atoms with Gasteiger partial charge in [-0.25, -0.2) is 15.0 Å². The zero-order chi connectivity index (χ0) is 10.7. The third kappa shape index (κ3) is 1.78. The van der Waals surface area contributed by atoms with E-state index in [0.717, 1.165) is 0 Å². The first-order valence-electron chi connectivity index (χ1n) is 4.16. The fraction of sp³-hybridized carbons (Fsp3) is 0. The molecule has 2 aromatic heterocycles. The van der Waals surface area contributed by atoms with E-state index < -0.39 is 4.92 Å². The van der Waals surface area contributed by atoms with Crippen molar-refractivity contribution in [3.63, 3.8) is 0 Å². The van der Waals surface area contributed by atoms with Crippen molar-refractivity contribution < 1.29 is 4.92 Å². The maximum Gasteiger partial charge on any atom is 0.298 e. The highest BCUT2D eigenvalue weighted by atomic mass is 16.6. The summed E-state index contributed by atoms with van der Waals surface area (Å²) < 4.78 is 0. The van der Waals surface area contributed by atoms with E-state index in [1.165, 1.54) is 30.7 Å². The van der Waals surface area contributed by atoms with Gasteiger partial charge in [-0.05, 0) is 12.1 Å². The molecule has 0 radical (unpaired) electrons. The van der Waals surface area contributed by atoms with Gasteiger partial charge in [-0.1, -0.05) is 0 Å². The SMILES string of the molecule is O=[N+]([O-])c1cccnc1-c1ncccn1. The summed E-state index contributed by atoms with van der Waals surface area (Å²) in [6.45, 7) is 0. The second kappa shape index (κ2) is 3.79. The number of rotatable bonds is 2.